The van der Waals surface area contributed by atoms with Crippen LogP contribution in [-0.2, 0) is 5.41 Å². The SMILES string of the molecule is CC1(NSc2cc(Cl)c3cnc(-c4nnc(C5(C#N)CC5)s4)n3c2)CC1. The van der Waals surface area contributed by atoms with E-state index in [2.05, 4.69) is 32.9 Å². The first kappa shape index (κ1) is 16.5. The van der Waals surface area contributed by atoms with Gasteiger partial charge in [0.15, 0.2) is 10.8 Å². The highest BCUT2D eigenvalue weighted by Gasteiger charge is 2.48. The molecule has 0 unspecified atom stereocenters. The summed E-state index contributed by atoms with van der Waals surface area (Å²) in [6, 6.07) is 4.32. The molecule has 3 aromatic rings. The number of imidazole rings is 1. The maximum atomic E-state index is 9.37. The molecule has 5 rings (SSSR count). The Morgan fingerprint density at radius 1 is 1.35 bits per heavy atom. The molecule has 0 atom stereocenters. The third-order valence-electron chi connectivity index (χ3n) is 4.97. The van der Waals surface area contributed by atoms with Crippen molar-refractivity contribution in [1.29, 1.82) is 5.26 Å². The zero-order chi connectivity index (χ0) is 17.9. The van der Waals surface area contributed by atoms with Crippen molar-refractivity contribution in [1.82, 2.24) is 24.3 Å². The first-order valence-electron chi connectivity index (χ1n) is 8.38. The highest BCUT2D eigenvalue weighted by atomic mass is 35.5. The van der Waals surface area contributed by atoms with Gasteiger partial charge in [-0.2, -0.15) is 5.26 Å². The molecule has 132 valence electrons. The zero-order valence-electron chi connectivity index (χ0n) is 14.0. The van der Waals surface area contributed by atoms with Crippen molar-refractivity contribution in [2.24, 2.45) is 0 Å². The van der Waals surface area contributed by atoms with Crippen molar-refractivity contribution < 1.29 is 0 Å². The summed E-state index contributed by atoms with van der Waals surface area (Å²) < 4.78 is 5.45. The van der Waals surface area contributed by atoms with Crippen LogP contribution in [0.3, 0.4) is 0 Å². The summed E-state index contributed by atoms with van der Waals surface area (Å²) in [6.45, 7) is 2.22. The first-order chi connectivity index (χ1) is 12.5. The Morgan fingerprint density at radius 3 is 2.85 bits per heavy atom. The molecule has 3 heterocycles. The van der Waals surface area contributed by atoms with Crippen LogP contribution >= 0.6 is 34.9 Å². The molecular formula is C17H15ClN6S2. The number of fused-ring (bicyclic) bond motifs is 1. The molecule has 0 spiro atoms. The molecule has 6 nitrogen and oxygen atoms in total. The van der Waals surface area contributed by atoms with Gasteiger partial charge in [0.1, 0.15) is 10.4 Å². The predicted octanol–water partition coefficient (Wildman–Crippen LogP) is 4.21. The van der Waals surface area contributed by atoms with Gasteiger partial charge in [-0.15, -0.1) is 10.2 Å². The second-order valence-corrected chi connectivity index (χ2v) is 9.50. The predicted molar refractivity (Wildman–Crippen MR) is 102 cm³/mol. The van der Waals surface area contributed by atoms with Crippen molar-refractivity contribution in [3.8, 4) is 16.9 Å². The smallest absolute Gasteiger partial charge is 0.183 e. The van der Waals surface area contributed by atoms with E-state index < -0.39 is 5.41 Å². The third kappa shape index (κ3) is 2.70. The second-order valence-electron chi connectivity index (χ2n) is 7.23. The monoisotopic (exact) mass is 402 g/mol. The highest BCUT2D eigenvalue weighted by molar-refractivity contribution is 7.97. The summed E-state index contributed by atoms with van der Waals surface area (Å²) in [7, 11) is 0. The maximum absolute atomic E-state index is 9.37. The largest absolute Gasteiger partial charge is 0.295 e. The van der Waals surface area contributed by atoms with Crippen molar-refractivity contribution in [2.45, 2.75) is 48.5 Å². The van der Waals surface area contributed by atoms with Crippen molar-refractivity contribution >= 4 is 40.4 Å². The Kier molecular flexibility index (Phi) is 3.60. The Labute approximate surface area is 163 Å². The van der Waals surface area contributed by atoms with Gasteiger partial charge in [0.05, 0.1) is 22.8 Å². The lowest BCUT2D eigenvalue weighted by Gasteiger charge is -2.11. The van der Waals surface area contributed by atoms with E-state index in [1.54, 1.807) is 18.1 Å². The average Bonchev–Trinajstić information content (AvgIpc) is 3.47. The minimum Gasteiger partial charge on any atom is -0.295 e. The summed E-state index contributed by atoms with van der Waals surface area (Å²) in [5.74, 6) is 0.708. The number of nitrogens with one attached hydrogen (secondary N) is 1. The van der Waals surface area contributed by atoms with Crippen LogP contribution in [0.25, 0.3) is 16.3 Å². The van der Waals surface area contributed by atoms with E-state index in [4.69, 9.17) is 11.6 Å². The second kappa shape index (κ2) is 5.67. The van der Waals surface area contributed by atoms with E-state index >= 15 is 0 Å². The molecule has 2 aliphatic rings. The van der Waals surface area contributed by atoms with Gasteiger partial charge in [-0.05, 0) is 50.6 Å². The van der Waals surface area contributed by atoms with E-state index in [0.29, 0.717) is 15.9 Å². The van der Waals surface area contributed by atoms with Gasteiger partial charge in [-0.1, -0.05) is 22.9 Å². The number of pyridine rings is 1. The van der Waals surface area contributed by atoms with Gasteiger partial charge >= 0.3 is 0 Å². The molecule has 3 aromatic heterocycles. The molecule has 0 amide bonds. The molecular weight excluding hydrogens is 388 g/mol. The maximum Gasteiger partial charge on any atom is 0.183 e. The minimum absolute atomic E-state index is 0.230. The van der Waals surface area contributed by atoms with E-state index in [0.717, 1.165) is 28.3 Å². The molecule has 0 aliphatic heterocycles. The summed E-state index contributed by atoms with van der Waals surface area (Å²) in [5.41, 5.74) is 0.640. The molecule has 0 saturated heterocycles. The van der Waals surface area contributed by atoms with Gasteiger partial charge in [0.25, 0.3) is 0 Å². The lowest BCUT2D eigenvalue weighted by Crippen LogP contribution is -2.19. The van der Waals surface area contributed by atoms with Crippen LogP contribution in [0, 0.1) is 11.3 Å². The van der Waals surface area contributed by atoms with E-state index in [-0.39, 0.29) is 5.54 Å². The summed E-state index contributed by atoms with van der Waals surface area (Å²) >= 11 is 9.50. The van der Waals surface area contributed by atoms with Gasteiger partial charge in [-0.3, -0.25) is 9.12 Å². The molecule has 26 heavy (non-hydrogen) atoms. The van der Waals surface area contributed by atoms with Crippen molar-refractivity contribution in [3.63, 3.8) is 0 Å². The number of nitriles is 1. The van der Waals surface area contributed by atoms with E-state index in [1.165, 1.54) is 24.2 Å². The summed E-state index contributed by atoms with van der Waals surface area (Å²) in [6.07, 6.45) is 7.88. The Bertz CT molecular complexity index is 1060. The van der Waals surface area contributed by atoms with Crippen LogP contribution in [0.2, 0.25) is 5.02 Å². The fourth-order valence-electron chi connectivity index (χ4n) is 2.72. The molecule has 2 saturated carbocycles. The lowest BCUT2D eigenvalue weighted by molar-refractivity contribution is 0.701. The van der Waals surface area contributed by atoms with Crippen LogP contribution < -0.4 is 4.72 Å². The van der Waals surface area contributed by atoms with Crippen LogP contribution in [0.4, 0.5) is 0 Å². The number of hydrogen-bond donors (Lipinski definition) is 1. The number of aromatic nitrogens is 4. The molecule has 0 bridgehead atoms. The van der Waals surface area contributed by atoms with Crippen LogP contribution in [-0.4, -0.2) is 25.1 Å². The zero-order valence-corrected chi connectivity index (χ0v) is 16.4. The molecule has 0 radical (unpaired) electrons. The summed E-state index contributed by atoms with van der Waals surface area (Å²) in [5, 5.41) is 20.0. The molecule has 2 aliphatic carbocycles. The topological polar surface area (TPSA) is 78.9 Å². The standard InChI is InChI=1S/C17H15ClN6S2/c1-16(2-3-16)23-26-10-6-11(18)12-7-20-13(24(12)8-10)14-21-22-15(25-14)17(9-19)4-5-17/h6-8,23H,2-5H2,1H3. The van der Waals surface area contributed by atoms with E-state index in [9.17, 15) is 5.26 Å². The fraction of sp³-hybridized carbons (Fsp3) is 0.412. The van der Waals surface area contributed by atoms with Crippen LogP contribution in [0.5, 0.6) is 0 Å². The average molecular weight is 403 g/mol. The normalized spacial score (nSPS) is 19.4. The number of halogens is 1. The van der Waals surface area contributed by atoms with E-state index in [1.807, 2.05) is 16.7 Å². The van der Waals surface area contributed by atoms with Gasteiger partial charge < -0.3 is 0 Å². The van der Waals surface area contributed by atoms with Gasteiger partial charge in [0.2, 0.25) is 0 Å². The fourth-order valence-corrected chi connectivity index (χ4v) is 4.98. The van der Waals surface area contributed by atoms with Crippen molar-refractivity contribution in [3.05, 3.63) is 28.5 Å². The third-order valence-corrected chi connectivity index (χ3v) is 7.45. The van der Waals surface area contributed by atoms with Crippen LogP contribution in [0.15, 0.2) is 23.4 Å². The van der Waals surface area contributed by atoms with Crippen molar-refractivity contribution in [2.75, 3.05) is 0 Å². The quantitative estimate of drug-likeness (QED) is 0.644. The number of nitrogens with zero attached hydrogens (tertiary/aromatic N) is 5. The Morgan fingerprint density at radius 2 is 2.15 bits per heavy atom. The molecule has 0 aromatic carbocycles. The Hall–Kier alpha value is -1.66. The van der Waals surface area contributed by atoms with Gasteiger partial charge in [0, 0.05) is 16.6 Å². The molecule has 9 heteroatoms. The van der Waals surface area contributed by atoms with Gasteiger partial charge in [-0.25, -0.2) is 4.98 Å². The number of hydrogen-bond acceptors (Lipinski definition) is 7. The molecule has 2 fully saturated rings. The minimum atomic E-state index is -0.425. The molecule has 1 N–H and O–H groups in total. The number of rotatable bonds is 5. The Balaban J connectivity index is 1.52. The highest BCUT2D eigenvalue weighted by Crippen LogP contribution is 2.49. The summed E-state index contributed by atoms with van der Waals surface area (Å²) in [4.78, 5) is 5.53. The van der Waals surface area contributed by atoms with Crippen LogP contribution in [0.1, 0.15) is 37.6 Å². The first-order valence-corrected chi connectivity index (χ1v) is 10.4. The lowest BCUT2D eigenvalue weighted by atomic mass is 10.1.